The molecule has 0 heterocycles. The SMILES string of the molecule is CCC[Si](C)(F)O[Si](F)(F)[SiH](C)O[SiH3]. The van der Waals surface area contributed by atoms with Gasteiger partial charge < -0.3 is 8.23 Å². The molecule has 0 bridgehead atoms. The third kappa shape index (κ3) is 4.88. The molecule has 14 heavy (non-hydrogen) atoms. The van der Waals surface area contributed by atoms with E-state index in [4.69, 9.17) is 4.12 Å². The minimum absolute atomic E-state index is 0.137. The van der Waals surface area contributed by atoms with Crippen molar-refractivity contribution in [2.24, 2.45) is 0 Å². The van der Waals surface area contributed by atoms with Crippen LogP contribution >= 0.6 is 0 Å². The van der Waals surface area contributed by atoms with Gasteiger partial charge in [0.1, 0.15) is 10.5 Å². The molecule has 0 aromatic rings. The zero-order valence-corrected chi connectivity index (χ0v) is 14.1. The standard InChI is InChI=1S/C5H17F3O2Si4/c1-4-5-13(3,6)10-14(7,8)12(2)9-11/h12H,4-5H2,1-3,11H3. The highest BCUT2D eigenvalue weighted by atomic mass is 29.3. The lowest BCUT2D eigenvalue weighted by Crippen LogP contribution is -2.52. The Bertz CT molecular complexity index is 180. The maximum Gasteiger partial charge on any atom is 0.564 e. The van der Waals surface area contributed by atoms with Gasteiger partial charge in [-0.2, -0.15) is 0 Å². The minimum atomic E-state index is -4.84. The van der Waals surface area contributed by atoms with Gasteiger partial charge >= 0.3 is 17.2 Å². The van der Waals surface area contributed by atoms with Crippen LogP contribution in [0.2, 0.25) is 19.1 Å². The van der Waals surface area contributed by atoms with Gasteiger partial charge in [-0.3, -0.25) is 4.11 Å². The Labute approximate surface area is 89.6 Å². The van der Waals surface area contributed by atoms with Crippen LogP contribution in [0.25, 0.3) is 0 Å². The third-order valence-corrected chi connectivity index (χ3v) is 15.9. The van der Waals surface area contributed by atoms with E-state index in [1.54, 1.807) is 6.92 Å². The lowest BCUT2D eigenvalue weighted by molar-refractivity contribution is 0.353. The molecule has 9 heteroatoms. The first-order chi connectivity index (χ1) is 6.25. The molecule has 0 aliphatic rings. The molecular formula is C5H17F3O2Si4. The fourth-order valence-electron chi connectivity index (χ4n) is 1.00. The van der Waals surface area contributed by atoms with Crippen LogP contribution in [0.15, 0.2) is 0 Å². The molecule has 0 aromatic heterocycles. The van der Waals surface area contributed by atoms with Crippen molar-refractivity contribution in [1.29, 1.82) is 0 Å². The van der Waals surface area contributed by atoms with Crippen molar-refractivity contribution in [3.63, 3.8) is 0 Å². The highest BCUT2D eigenvalue weighted by molar-refractivity contribution is 7.22. The van der Waals surface area contributed by atoms with Gasteiger partial charge in [0.15, 0.2) is 0 Å². The van der Waals surface area contributed by atoms with Gasteiger partial charge in [0, 0.05) is 0 Å². The molecule has 2 atom stereocenters. The monoisotopic (exact) mass is 278 g/mol. The molecule has 2 unspecified atom stereocenters. The average Bonchev–Trinajstić information content (AvgIpc) is 2.00. The molecule has 0 rings (SSSR count). The van der Waals surface area contributed by atoms with E-state index < -0.39 is 25.7 Å². The fourth-order valence-corrected chi connectivity index (χ4v) is 12.5. The molecule has 0 saturated carbocycles. The second-order valence-corrected chi connectivity index (χ2v) is 15.7. The van der Waals surface area contributed by atoms with E-state index >= 15 is 0 Å². The van der Waals surface area contributed by atoms with Gasteiger partial charge in [-0.05, 0) is 19.1 Å². The molecule has 0 radical (unpaired) electrons. The first kappa shape index (κ1) is 14.6. The quantitative estimate of drug-likeness (QED) is 0.534. The summed E-state index contributed by atoms with van der Waals surface area (Å²) in [5.74, 6) is 0. The topological polar surface area (TPSA) is 18.5 Å². The third-order valence-electron chi connectivity index (χ3n) is 1.87. The van der Waals surface area contributed by atoms with E-state index in [1.807, 2.05) is 0 Å². The highest BCUT2D eigenvalue weighted by Crippen LogP contribution is 2.24. The van der Waals surface area contributed by atoms with Gasteiger partial charge in [-0.15, -0.1) is 0 Å². The lowest BCUT2D eigenvalue weighted by atomic mass is 10.6. The van der Waals surface area contributed by atoms with Crippen LogP contribution in [-0.2, 0) is 8.23 Å². The number of halogens is 3. The number of hydrogen-bond donors (Lipinski definition) is 0. The Kier molecular flexibility index (Phi) is 5.84. The molecule has 86 valence electrons. The lowest BCUT2D eigenvalue weighted by Gasteiger charge is -2.25. The molecule has 0 saturated heterocycles. The van der Waals surface area contributed by atoms with Crippen molar-refractivity contribution in [2.45, 2.75) is 32.5 Å². The maximum absolute atomic E-state index is 13.5. The Morgan fingerprint density at radius 2 is 1.86 bits per heavy atom. The summed E-state index contributed by atoms with van der Waals surface area (Å²) in [6, 6.07) is 0.137. The van der Waals surface area contributed by atoms with Crippen molar-refractivity contribution in [3.05, 3.63) is 0 Å². The molecule has 0 amide bonds. The van der Waals surface area contributed by atoms with E-state index in [0.717, 1.165) is 0 Å². The van der Waals surface area contributed by atoms with Crippen LogP contribution in [0.4, 0.5) is 12.3 Å². The predicted molar refractivity (Wildman–Crippen MR) is 60.9 cm³/mol. The number of rotatable bonds is 6. The highest BCUT2D eigenvalue weighted by Gasteiger charge is 2.52. The first-order valence-electron chi connectivity index (χ1n) is 4.55. The van der Waals surface area contributed by atoms with E-state index in [1.165, 1.54) is 13.1 Å². The average molecular weight is 279 g/mol. The van der Waals surface area contributed by atoms with E-state index in [2.05, 4.69) is 4.12 Å². The molecule has 0 spiro atoms. The van der Waals surface area contributed by atoms with Gasteiger partial charge in [0.25, 0.3) is 8.56 Å². The van der Waals surface area contributed by atoms with E-state index in [0.29, 0.717) is 6.42 Å². The van der Waals surface area contributed by atoms with Crippen molar-refractivity contribution >= 4 is 36.2 Å². The second-order valence-electron chi connectivity index (χ2n) is 3.39. The summed E-state index contributed by atoms with van der Waals surface area (Å²) in [7, 11) is -10.8. The van der Waals surface area contributed by atoms with Gasteiger partial charge in [0.05, 0.1) is 0 Å². The Morgan fingerprint density at radius 3 is 2.21 bits per heavy atom. The summed E-state index contributed by atoms with van der Waals surface area (Å²) in [4.78, 5) is 0. The largest absolute Gasteiger partial charge is 0.564 e. The van der Waals surface area contributed by atoms with E-state index in [9.17, 15) is 12.3 Å². The summed E-state index contributed by atoms with van der Waals surface area (Å²) in [6.45, 7) is 4.35. The van der Waals surface area contributed by atoms with Crippen molar-refractivity contribution in [3.8, 4) is 0 Å². The Balaban J connectivity index is 4.33. The molecule has 0 aromatic carbocycles. The molecule has 0 N–H and O–H groups in total. The van der Waals surface area contributed by atoms with Crippen LogP contribution < -0.4 is 0 Å². The molecule has 2 nitrogen and oxygen atoms in total. The fraction of sp³-hybridized carbons (Fsp3) is 1.00. The van der Waals surface area contributed by atoms with Gasteiger partial charge in [-0.25, -0.2) is 8.22 Å². The zero-order chi connectivity index (χ0) is 11.4. The molecule has 0 aliphatic carbocycles. The number of hydrogen-bond acceptors (Lipinski definition) is 2. The summed E-state index contributed by atoms with van der Waals surface area (Å²) < 4.78 is 49.4. The van der Waals surface area contributed by atoms with Crippen molar-refractivity contribution < 1.29 is 20.6 Å². The van der Waals surface area contributed by atoms with Crippen molar-refractivity contribution in [2.75, 3.05) is 0 Å². The Hall–Kier alpha value is 0.578. The normalized spacial score (nSPS) is 19.3. The maximum atomic E-state index is 13.5. The zero-order valence-electron chi connectivity index (χ0n) is 8.94. The first-order valence-corrected chi connectivity index (χ1v) is 13.0. The summed E-state index contributed by atoms with van der Waals surface area (Å²) in [5.41, 5.74) is 0. The summed E-state index contributed by atoms with van der Waals surface area (Å²) in [6.07, 6.45) is 0.543. The molecular weight excluding hydrogens is 261 g/mol. The summed E-state index contributed by atoms with van der Waals surface area (Å²) >= 11 is 0. The molecule has 0 aliphatic heterocycles. The summed E-state index contributed by atoms with van der Waals surface area (Å²) in [5, 5.41) is 0. The van der Waals surface area contributed by atoms with Crippen LogP contribution in [0.3, 0.4) is 0 Å². The second kappa shape index (κ2) is 5.60. The van der Waals surface area contributed by atoms with Crippen LogP contribution in [-0.4, -0.2) is 36.2 Å². The smallest absolute Gasteiger partial charge is 0.462 e. The minimum Gasteiger partial charge on any atom is -0.462 e. The van der Waals surface area contributed by atoms with Gasteiger partial charge in [-0.1, -0.05) is 13.3 Å². The Morgan fingerprint density at radius 1 is 1.36 bits per heavy atom. The van der Waals surface area contributed by atoms with Crippen LogP contribution in [0.5, 0.6) is 0 Å². The molecule has 0 fully saturated rings. The van der Waals surface area contributed by atoms with Crippen LogP contribution in [0, 0.1) is 0 Å². The predicted octanol–water partition coefficient (Wildman–Crippen LogP) is 1.06. The van der Waals surface area contributed by atoms with Gasteiger partial charge in [0.2, 0.25) is 0 Å². The van der Waals surface area contributed by atoms with E-state index in [-0.39, 0.29) is 16.5 Å². The van der Waals surface area contributed by atoms with Crippen molar-refractivity contribution in [1.82, 2.24) is 0 Å². The van der Waals surface area contributed by atoms with Crippen LogP contribution in [0.1, 0.15) is 13.3 Å².